The molecule has 2 aromatic heterocycles. The van der Waals surface area contributed by atoms with Gasteiger partial charge in [0, 0.05) is 32.8 Å². The minimum absolute atomic E-state index is 0.566. The fourth-order valence-corrected chi connectivity index (χ4v) is 7.42. The summed E-state index contributed by atoms with van der Waals surface area (Å²) in [4.78, 5) is 0. The van der Waals surface area contributed by atoms with Crippen LogP contribution in [-0.2, 0) is 0 Å². The van der Waals surface area contributed by atoms with Gasteiger partial charge in [0.15, 0.2) is 0 Å². The van der Waals surface area contributed by atoms with E-state index >= 15 is 0 Å². The molecule has 0 saturated heterocycles. The van der Waals surface area contributed by atoms with Crippen molar-refractivity contribution in [1.82, 2.24) is 9.13 Å². The van der Waals surface area contributed by atoms with E-state index in [1.54, 1.807) is 0 Å². The van der Waals surface area contributed by atoms with E-state index in [0.29, 0.717) is 16.7 Å². The highest BCUT2D eigenvalue weighted by Gasteiger charge is 2.19. The summed E-state index contributed by atoms with van der Waals surface area (Å²) >= 11 is 0. The van der Waals surface area contributed by atoms with Crippen molar-refractivity contribution in [1.29, 1.82) is 15.8 Å². The maximum Gasteiger partial charge on any atom is 0.0991 e. The number of nitriles is 3. The van der Waals surface area contributed by atoms with Gasteiger partial charge in [-0.15, -0.1) is 0 Å². The van der Waals surface area contributed by atoms with Gasteiger partial charge >= 0.3 is 0 Å². The Labute approximate surface area is 287 Å². The van der Waals surface area contributed by atoms with E-state index in [-0.39, 0.29) is 0 Å². The van der Waals surface area contributed by atoms with E-state index in [1.807, 2.05) is 54.6 Å². The molecule has 0 amide bonds. The molecule has 9 rings (SSSR count). The largest absolute Gasteiger partial charge is 0.309 e. The second-order valence-electron chi connectivity index (χ2n) is 12.3. The van der Waals surface area contributed by atoms with Crippen molar-refractivity contribution in [3.8, 4) is 51.8 Å². The van der Waals surface area contributed by atoms with Crippen LogP contribution in [0.1, 0.15) is 16.7 Å². The van der Waals surface area contributed by atoms with E-state index < -0.39 is 0 Å². The quantitative estimate of drug-likeness (QED) is 0.193. The van der Waals surface area contributed by atoms with Gasteiger partial charge in [0.1, 0.15) is 0 Å². The van der Waals surface area contributed by atoms with Crippen LogP contribution in [0.4, 0.5) is 0 Å². The summed E-state index contributed by atoms with van der Waals surface area (Å²) < 4.78 is 4.51. The molecule has 0 bridgehead atoms. The Kier molecular flexibility index (Phi) is 6.56. The average Bonchev–Trinajstić information content (AvgIpc) is 3.69. The van der Waals surface area contributed by atoms with Gasteiger partial charge in [-0.1, -0.05) is 72.8 Å². The van der Waals surface area contributed by atoms with Gasteiger partial charge in [-0.3, -0.25) is 0 Å². The first-order valence-corrected chi connectivity index (χ1v) is 16.3. The molecule has 230 valence electrons. The second-order valence-corrected chi connectivity index (χ2v) is 12.3. The highest BCUT2D eigenvalue weighted by atomic mass is 15.0. The molecule has 0 saturated carbocycles. The Morgan fingerprint density at radius 3 is 1.54 bits per heavy atom. The molecule has 9 aromatic rings. The zero-order chi connectivity index (χ0) is 33.8. The molecule has 7 aromatic carbocycles. The van der Waals surface area contributed by atoms with E-state index in [1.165, 1.54) is 10.8 Å². The van der Waals surface area contributed by atoms with Crippen LogP contribution in [0.3, 0.4) is 0 Å². The number of para-hydroxylation sites is 3. The SMILES string of the molecule is N#Cc1ccc(-c2cccc(-n3c4ccc(C#N)cc4c4cc(C#N)ccc43)c2)c(-c2ccccc2-n2c3ccccc3c3ccccc32)c1. The number of aromatic nitrogens is 2. The molecule has 2 heterocycles. The Morgan fingerprint density at radius 2 is 0.900 bits per heavy atom. The maximum atomic E-state index is 10.1. The van der Waals surface area contributed by atoms with Crippen molar-refractivity contribution in [2.24, 2.45) is 0 Å². The lowest BCUT2D eigenvalue weighted by molar-refractivity contribution is 1.18. The smallest absolute Gasteiger partial charge is 0.0991 e. The van der Waals surface area contributed by atoms with Crippen LogP contribution in [-0.4, -0.2) is 9.13 Å². The van der Waals surface area contributed by atoms with Crippen molar-refractivity contribution < 1.29 is 0 Å². The number of hydrogen-bond donors (Lipinski definition) is 0. The minimum atomic E-state index is 0.566. The molecule has 0 aliphatic heterocycles. The summed E-state index contributed by atoms with van der Waals surface area (Å²) in [5.74, 6) is 0. The first-order chi connectivity index (χ1) is 24.7. The number of rotatable bonds is 4. The van der Waals surface area contributed by atoms with Crippen molar-refractivity contribution in [2.75, 3.05) is 0 Å². The Morgan fingerprint density at radius 1 is 0.360 bits per heavy atom. The molecular formula is C45H25N5. The van der Waals surface area contributed by atoms with E-state index in [0.717, 1.165) is 66.5 Å². The molecule has 50 heavy (non-hydrogen) atoms. The Bertz CT molecular complexity index is 2850. The highest BCUT2D eigenvalue weighted by Crippen LogP contribution is 2.41. The van der Waals surface area contributed by atoms with Gasteiger partial charge in [-0.2, -0.15) is 15.8 Å². The lowest BCUT2D eigenvalue weighted by Crippen LogP contribution is -1.99. The normalized spacial score (nSPS) is 11.1. The number of fused-ring (bicyclic) bond motifs is 6. The average molecular weight is 636 g/mol. The van der Waals surface area contributed by atoms with Crippen LogP contribution < -0.4 is 0 Å². The fraction of sp³-hybridized carbons (Fsp3) is 0. The van der Waals surface area contributed by atoms with Crippen LogP contribution in [0.5, 0.6) is 0 Å². The van der Waals surface area contributed by atoms with Gasteiger partial charge in [-0.05, 0) is 95.6 Å². The second kappa shape index (κ2) is 11.4. The number of hydrogen-bond acceptors (Lipinski definition) is 3. The number of benzene rings is 7. The van der Waals surface area contributed by atoms with Crippen molar-refractivity contribution in [3.63, 3.8) is 0 Å². The van der Waals surface area contributed by atoms with Gasteiger partial charge in [-0.25, -0.2) is 0 Å². The molecule has 5 heteroatoms. The van der Waals surface area contributed by atoms with Crippen LogP contribution in [0, 0.1) is 34.0 Å². The van der Waals surface area contributed by atoms with Crippen molar-refractivity contribution >= 4 is 43.6 Å². The minimum Gasteiger partial charge on any atom is -0.309 e. The first-order valence-electron chi connectivity index (χ1n) is 16.3. The van der Waals surface area contributed by atoms with Crippen molar-refractivity contribution in [2.45, 2.75) is 0 Å². The molecule has 0 radical (unpaired) electrons. The molecule has 5 nitrogen and oxygen atoms in total. The van der Waals surface area contributed by atoms with Crippen molar-refractivity contribution in [3.05, 3.63) is 168 Å². The molecule has 0 atom stereocenters. The topological polar surface area (TPSA) is 81.2 Å². The fourth-order valence-electron chi connectivity index (χ4n) is 7.42. The zero-order valence-electron chi connectivity index (χ0n) is 26.7. The zero-order valence-corrected chi connectivity index (χ0v) is 26.7. The summed E-state index contributed by atoms with van der Waals surface area (Å²) in [5, 5.41) is 33.6. The van der Waals surface area contributed by atoms with Crippen LogP contribution >= 0.6 is 0 Å². The number of nitrogens with zero attached hydrogens (tertiary/aromatic N) is 5. The first kappa shape index (κ1) is 28.8. The van der Waals surface area contributed by atoms with Gasteiger partial charge in [0.2, 0.25) is 0 Å². The molecular weight excluding hydrogens is 611 g/mol. The third-order valence-corrected chi connectivity index (χ3v) is 9.60. The lowest BCUT2D eigenvalue weighted by atomic mass is 9.91. The predicted octanol–water partition coefficient (Wildman–Crippen LogP) is 10.8. The summed E-state index contributed by atoms with van der Waals surface area (Å²) in [6.07, 6.45) is 0. The molecule has 0 spiro atoms. The third kappa shape index (κ3) is 4.38. The highest BCUT2D eigenvalue weighted by molar-refractivity contribution is 6.11. The van der Waals surface area contributed by atoms with Crippen LogP contribution in [0.2, 0.25) is 0 Å². The third-order valence-electron chi connectivity index (χ3n) is 9.60. The van der Waals surface area contributed by atoms with E-state index in [2.05, 4.69) is 124 Å². The molecule has 0 aliphatic carbocycles. The molecule has 0 N–H and O–H groups in total. The Balaban J connectivity index is 1.28. The maximum absolute atomic E-state index is 10.1. The van der Waals surface area contributed by atoms with Gasteiger partial charge < -0.3 is 9.13 Å². The summed E-state index contributed by atoms with van der Waals surface area (Å²) in [6.45, 7) is 0. The summed E-state index contributed by atoms with van der Waals surface area (Å²) in [5.41, 5.74) is 11.8. The standard InChI is InChI=1S/C45H25N5/c46-26-29-16-19-34(38(22-29)37-12-3-6-15-43(37)50-41-13-4-1-10-35(41)36-11-2-5-14-42(36)50)32-8-7-9-33(25-32)49-44-20-17-30(27-47)23-39(44)40-24-31(28-48)18-21-45(40)49/h1-25H. The summed E-state index contributed by atoms with van der Waals surface area (Å²) in [6, 6.07) is 57.9. The molecule has 0 fully saturated rings. The molecule has 0 aliphatic rings. The monoisotopic (exact) mass is 635 g/mol. The Hall–Kier alpha value is -7.39. The molecule has 0 unspecified atom stereocenters. The lowest BCUT2D eigenvalue weighted by Gasteiger charge is -2.18. The van der Waals surface area contributed by atoms with Crippen LogP contribution in [0.25, 0.3) is 77.2 Å². The van der Waals surface area contributed by atoms with Gasteiger partial charge in [0.25, 0.3) is 0 Å². The van der Waals surface area contributed by atoms with E-state index in [4.69, 9.17) is 0 Å². The summed E-state index contributed by atoms with van der Waals surface area (Å²) in [7, 11) is 0. The van der Waals surface area contributed by atoms with Gasteiger partial charge in [0.05, 0.1) is 62.7 Å². The van der Waals surface area contributed by atoms with E-state index in [9.17, 15) is 15.8 Å². The predicted molar refractivity (Wildman–Crippen MR) is 200 cm³/mol. The van der Waals surface area contributed by atoms with Crippen LogP contribution in [0.15, 0.2) is 152 Å².